The Morgan fingerprint density at radius 1 is 1.10 bits per heavy atom. The average Bonchev–Trinajstić information content (AvgIpc) is 3.71. The zero-order chi connectivity index (χ0) is 29.2. The van der Waals surface area contributed by atoms with Gasteiger partial charge in [0.2, 0.25) is 0 Å². The second-order valence-electron chi connectivity index (χ2n) is 12.5. The molecule has 1 saturated heterocycles. The molecule has 2 aromatic carbocycles. The van der Waals surface area contributed by atoms with E-state index in [2.05, 4.69) is 34.1 Å². The predicted octanol–water partition coefficient (Wildman–Crippen LogP) is 8.03. The van der Waals surface area contributed by atoms with Crippen LogP contribution < -0.4 is 4.90 Å². The van der Waals surface area contributed by atoms with Crippen LogP contribution in [0.2, 0.25) is 0 Å². The Labute approximate surface area is 241 Å². The highest BCUT2D eigenvalue weighted by atomic mass is 19.4. The van der Waals surface area contributed by atoms with Crippen LogP contribution in [0.4, 0.5) is 18.9 Å². The first kappa shape index (κ1) is 27.0. The number of hydrogen-bond acceptors (Lipinski definition) is 5. The third-order valence-corrected chi connectivity index (χ3v) is 9.61. The molecule has 3 heterocycles. The summed E-state index contributed by atoms with van der Waals surface area (Å²) in [7, 11) is 0. The third kappa shape index (κ3) is 4.82. The van der Waals surface area contributed by atoms with Gasteiger partial charge in [-0.3, -0.25) is 0 Å². The van der Waals surface area contributed by atoms with Crippen molar-refractivity contribution in [2.24, 2.45) is 11.3 Å². The molecule has 3 aliphatic rings. The minimum Gasteiger partial charge on any atom is -0.477 e. The average molecular weight is 576 g/mol. The summed E-state index contributed by atoms with van der Waals surface area (Å²) in [5.41, 5.74) is 4.05. The minimum atomic E-state index is -4.68. The molecule has 1 spiro atoms. The molecular formula is C33H32F3N3O3. The van der Waals surface area contributed by atoms with E-state index in [4.69, 9.17) is 4.52 Å². The van der Waals surface area contributed by atoms with Gasteiger partial charge in [-0.15, -0.1) is 0 Å². The van der Waals surface area contributed by atoms with E-state index in [1.54, 1.807) is 6.07 Å². The van der Waals surface area contributed by atoms with Crippen LogP contribution in [0.3, 0.4) is 0 Å². The highest BCUT2D eigenvalue weighted by molar-refractivity contribution is 5.93. The molecule has 7 rings (SSSR count). The Kier molecular flexibility index (Phi) is 6.33. The predicted molar refractivity (Wildman–Crippen MR) is 153 cm³/mol. The van der Waals surface area contributed by atoms with Crippen LogP contribution >= 0.6 is 0 Å². The zero-order valence-electron chi connectivity index (χ0n) is 23.4. The molecule has 4 aromatic rings. The van der Waals surface area contributed by atoms with Crippen LogP contribution in [-0.2, 0) is 12.6 Å². The van der Waals surface area contributed by atoms with Crippen LogP contribution in [0.1, 0.15) is 77.4 Å². The number of aromatic carboxylic acids is 1. The van der Waals surface area contributed by atoms with E-state index in [0.717, 1.165) is 75.1 Å². The van der Waals surface area contributed by atoms with Crippen molar-refractivity contribution in [3.63, 3.8) is 0 Å². The van der Waals surface area contributed by atoms with Crippen LogP contribution in [0.5, 0.6) is 0 Å². The number of carboxylic acids is 1. The summed E-state index contributed by atoms with van der Waals surface area (Å²) in [4.78, 5) is 17.4. The lowest BCUT2D eigenvalue weighted by Crippen LogP contribution is -2.47. The Morgan fingerprint density at radius 2 is 1.83 bits per heavy atom. The first-order chi connectivity index (χ1) is 20.1. The number of aromatic nitrogens is 2. The number of anilines is 1. The molecule has 9 heteroatoms. The van der Waals surface area contributed by atoms with Gasteiger partial charge in [-0.05, 0) is 93.0 Å². The normalized spacial score (nSPS) is 18.9. The van der Waals surface area contributed by atoms with Gasteiger partial charge in [-0.2, -0.15) is 13.2 Å². The molecule has 0 atom stereocenters. The standard InChI is InChI=1S/C33H32F3N3O3/c1-19-4-2-3-5-23(19)29-25(30(42-38-29)21-6-7-21)14-20-17-32(18-20)10-12-39(13-11-32)22-8-9-27-24(15-22)26(33(34,35)36)16-28(37-27)31(40)41/h2-5,8-9,15-16,20-21H,6-7,10-14,17-18H2,1H3,(H,40,41). The Hall–Kier alpha value is -3.88. The lowest BCUT2D eigenvalue weighted by molar-refractivity contribution is -0.136. The second-order valence-corrected chi connectivity index (χ2v) is 12.5. The first-order valence-electron chi connectivity index (χ1n) is 14.6. The van der Waals surface area contributed by atoms with Crippen LogP contribution in [0, 0.1) is 18.3 Å². The van der Waals surface area contributed by atoms with Crippen molar-refractivity contribution in [2.75, 3.05) is 18.0 Å². The molecule has 218 valence electrons. The molecule has 1 N–H and O–H groups in total. The summed E-state index contributed by atoms with van der Waals surface area (Å²) in [6.45, 7) is 3.66. The highest BCUT2D eigenvalue weighted by Crippen LogP contribution is 2.55. The number of rotatable bonds is 6. The van der Waals surface area contributed by atoms with Crippen LogP contribution in [0.25, 0.3) is 22.2 Å². The molecule has 42 heavy (non-hydrogen) atoms. The van der Waals surface area contributed by atoms with Gasteiger partial charge < -0.3 is 14.5 Å². The van der Waals surface area contributed by atoms with Crippen molar-refractivity contribution >= 4 is 22.6 Å². The molecule has 1 aliphatic heterocycles. The quantitative estimate of drug-likeness (QED) is 0.251. The van der Waals surface area contributed by atoms with Crippen molar-refractivity contribution in [3.05, 3.63) is 76.7 Å². The summed E-state index contributed by atoms with van der Waals surface area (Å²) in [6, 6.07) is 13.7. The van der Waals surface area contributed by atoms with Gasteiger partial charge in [0.05, 0.1) is 11.1 Å². The summed E-state index contributed by atoms with van der Waals surface area (Å²) < 4.78 is 47.4. The molecule has 0 radical (unpaired) electrons. The number of carboxylic acid groups (broad SMARTS) is 1. The van der Waals surface area contributed by atoms with Crippen molar-refractivity contribution < 1.29 is 27.6 Å². The van der Waals surface area contributed by atoms with Gasteiger partial charge in [-0.25, -0.2) is 9.78 Å². The molecular weight excluding hydrogens is 543 g/mol. The number of pyridine rings is 1. The van der Waals surface area contributed by atoms with Gasteiger partial charge >= 0.3 is 12.1 Å². The van der Waals surface area contributed by atoms with E-state index < -0.39 is 23.4 Å². The molecule has 6 nitrogen and oxygen atoms in total. The van der Waals surface area contributed by atoms with Gasteiger partial charge in [0.15, 0.2) is 0 Å². The fraction of sp³-hybridized carbons (Fsp3) is 0.424. The topological polar surface area (TPSA) is 79.5 Å². The molecule has 0 bridgehead atoms. The fourth-order valence-corrected chi connectivity index (χ4v) is 7.24. The Balaban J connectivity index is 1.05. The highest BCUT2D eigenvalue weighted by Gasteiger charge is 2.47. The number of piperidine rings is 1. The maximum Gasteiger partial charge on any atom is 0.417 e. The van der Waals surface area contributed by atoms with Gasteiger partial charge in [0, 0.05) is 41.2 Å². The molecule has 2 aromatic heterocycles. The number of halogens is 3. The fourth-order valence-electron chi connectivity index (χ4n) is 7.24. The maximum atomic E-state index is 13.8. The molecule has 0 amide bonds. The number of alkyl halides is 3. The van der Waals surface area contributed by atoms with E-state index in [1.165, 1.54) is 23.3 Å². The van der Waals surface area contributed by atoms with E-state index >= 15 is 0 Å². The van der Waals surface area contributed by atoms with Gasteiger partial charge in [0.25, 0.3) is 0 Å². The van der Waals surface area contributed by atoms with Crippen molar-refractivity contribution in [1.29, 1.82) is 0 Å². The van der Waals surface area contributed by atoms with E-state index in [9.17, 15) is 23.1 Å². The Morgan fingerprint density at radius 3 is 2.50 bits per heavy atom. The van der Waals surface area contributed by atoms with Crippen molar-refractivity contribution in [3.8, 4) is 11.3 Å². The monoisotopic (exact) mass is 575 g/mol. The van der Waals surface area contributed by atoms with Crippen molar-refractivity contribution in [1.82, 2.24) is 10.1 Å². The SMILES string of the molecule is Cc1ccccc1-c1noc(C2CC2)c1CC1CC2(CCN(c3ccc4nc(C(=O)O)cc(C(F)(F)F)c4c3)CC2)C1. The van der Waals surface area contributed by atoms with Crippen LogP contribution in [0.15, 0.2) is 53.1 Å². The van der Waals surface area contributed by atoms with E-state index in [-0.39, 0.29) is 16.3 Å². The lowest BCUT2D eigenvalue weighted by atomic mass is 9.56. The first-order valence-corrected chi connectivity index (χ1v) is 14.6. The van der Waals surface area contributed by atoms with E-state index in [0.29, 0.717) is 23.6 Å². The number of benzene rings is 2. The van der Waals surface area contributed by atoms with Crippen LogP contribution in [-0.4, -0.2) is 34.3 Å². The lowest BCUT2D eigenvalue weighted by Gasteiger charge is -2.53. The second kappa shape index (κ2) is 9.85. The van der Waals surface area contributed by atoms with Crippen molar-refractivity contribution in [2.45, 2.75) is 64.0 Å². The molecule has 0 unspecified atom stereocenters. The summed E-state index contributed by atoms with van der Waals surface area (Å²) >= 11 is 0. The third-order valence-electron chi connectivity index (χ3n) is 9.61. The van der Waals surface area contributed by atoms with Gasteiger partial charge in [-0.1, -0.05) is 29.4 Å². The minimum absolute atomic E-state index is 0.0330. The smallest absolute Gasteiger partial charge is 0.417 e. The number of carbonyl (C=O) groups is 1. The number of hydrogen-bond donors (Lipinski definition) is 1. The maximum absolute atomic E-state index is 13.8. The molecule has 2 aliphatic carbocycles. The summed E-state index contributed by atoms with van der Waals surface area (Å²) in [6.07, 6.45) is 2.88. The zero-order valence-corrected chi connectivity index (χ0v) is 23.4. The van der Waals surface area contributed by atoms with Gasteiger partial charge in [0.1, 0.15) is 17.1 Å². The number of aryl methyl sites for hydroxylation is 1. The largest absolute Gasteiger partial charge is 0.477 e. The number of fused-ring (bicyclic) bond motifs is 1. The summed E-state index contributed by atoms with van der Waals surface area (Å²) in [5, 5.41) is 13.7. The number of nitrogens with zero attached hydrogens (tertiary/aromatic N) is 3. The Bertz CT molecular complexity index is 1680. The molecule has 3 fully saturated rings. The summed E-state index contributed by atoms with van der Waals surface area (Å²) in [5.74, 6) is 0.656. The molecule has 2 saturated carbocycles. The van der Waals surface area contributed by atoms with E-state index in [1.807, 2.05) is 12.1 Å².